The summed E-state index contributed by atoms with van der Waals surface area (Å²) in [4.78, 5) is 23.1. The molecule has 1 rings (SSSR count). The van der Waals surface area contributed by atoms with Gasteiger partial charge in [-0.3, -0.25) is 9.59 Å². The molecule has 1 aromatic carbocycles. The van der Waals surface area contributed by atoms with E-state index in [-0.39, 0.29) is 24.8 Å². The summed E-state index contributed by atoms with van der Waals surface area (Å²) in [5.74, 6) is -0.522. The van der Waals surface area contributed by atoms with Gasteiger partial charge >= 0.3 is 0 Å². The fourth-order valence-corrected chi connectivity index (χ4v) is 1.74. The van der Waals surface area contributed by atoms with Gasteiger partial charge in [-0.15, -0.1) is 0 Å². The molecule has 0 unspecified atom stereocenters. The van der Waals surface area contributed by atoms with Crippen molar-refractivity contribution in [1.29, 1.82) is 0 Å². The van der Waals surface area contributed by atoms with Gasteiger partial charge in [0.15, 0.2) is 0 Å². The highest BCUT2D eigenvalue weighted by molar-refractivity contribution is 6.06. The summed E-state index contributed by atoms with van der Waals surface area (Å²) in [6, 6.07) is 7.65. The molecule has 2 amide bonds. The molecule has 114 valence electrons. The number of benzene rings is 1. The molecule has 0 saturated heterocycles. The Balaban J connectivity index is 2.53. The first-order chi connectivity index (χ1) is 10.1. The summed E-state index contributed by atoms with van der Waals surface area (Å²) >= 11 is 0. The SMILES string of the molecule is CCc1ccccc1NC(=O)CC(C)=NNC(=O)COC. The van der Waals surface area contributed by atoms with Crippen molar-refractivity contribution in [3.05, 3.63) is 29.8 Å². The number of carbonyl (C=O) groups excluding carboxylic acids is 2. The van der Waals surface area contributed by atoms with Crippen LogP contribution in [0.1, 0.15) is 25.8 Å². The van der Waals surface area contributed by atoms with Gasteiger partial charge in [0, 0.05) is 18.5 Å². The number of carbonyl (C=O) groups is 2. The van der Waals surface area contributed by atoms with Crippen LogP contribution in [0.25, 0.3) is 0 Å². The van der Waals surface area contributed by atoms with Crippen LogP contribution in [0.2, 0.25) is 0 Å². The molecular formula is C15H21N3O3. The van der Waals surface area contributed by atoms with Crippen molar-refractivity contribution in [2.45, 2.75) is 26.7 Å². The molecule has 0 bridgehead atoms. The molecule has 6 nitrogen and oxygen atoms in total. The number of anilines is 1. The van der Waals surface area contributed by atoms with Crippen LogP contribution in [-0.2, 0) is 20.7 Å². The number of nitrogens with one attached hydrogen (secondary N) is 2. The van der Waals surface area contributed by atoms with Gasteiger partial charge in [0.25, 0.3) is 5.91 Å². The Morgan fingerprint density at radius 2 is 1.95 bits per heavy atom. The Morgan fingerprint density at radius 1 is 1.24 bits per heavy atom. The van der Waals surface area contributed by atoms with Gasteiger partial charge in [-0.1, -0.05) is 25.1 Å². The van der Waals surface area contributed by atoms with Gasteiger partial charge < -0.3 is 10.1 Å². The largest absolute Gasteiger partial charge is 0.375 e. The van der Waals surface area contributed by atoms with E-state index in [4.69, 9.17) is 0 Å². The minimum Gasteiger partial charge on any atom is -0.375 e. The van der Waals surface area contributed by atoms with Crippen molar-refractivity contribution >= 4 is 23.2 Å². The molecule has 0 aromatic heterocycles. The molecule has 0 fully saturated rings. The Morgan fingerprint density at radius 3 is 2.62 bits per heavy atom. The van der Waals surface area contributed by atoms with E-state index in [1.807, 2.05) is 31.2 Å². The Hall–Kier alpha value is -2.21. The molecule has 1 aromatic rings. The van der Waals surface area contributed by atoms with Crippen molar-refractivity contribution in [3.8, 4) is 0 Å². The van der Waals surface area contributed by atoms with Gasteiger partial charge in [0.05, 0.1) is 6.42 Å². The molecule has 6 heteroatoms. The van der Waals surface area contributed by atoms with E-state index < -0.39 is 0 Å². The smallest absolute Gasteiger partial charge is 0.266 e. The molecule has 0 heterocycles. The quantitative estimate of drug-likeness (QED) is 0.593. The van der Waals surface area contributed by atoms with Gasteiger partial charge in [0.1, 0.15) is 6.61 Å². The van der Waals surface area contributed by atoms with Crippen molar-refractivity contribution in [2.24, 2.45) is 5.10 Å². The molecule has 0 atom stereocenters. The van der Waals surface area contributed by atoms with Crippen LogP contribution in [0.4, 0.5) is 5.69 Å². The molecular weight excluding hydrogens is 270 g/mol. The lowest BCUT2D eigenvalue weighted by molar-refractivity contribution is -0.124. The molecule has 0 spiro atoms. The number of hydrogen-bond donors (Lipinski definition) is 2. The average molecular weight is 291 g/mol. The highest BCUT2D eigenvalue weighted by Crippen LogP contribution is 2.15. The van der Waals surface area contributed by atoms with Gasteiger partial charge in [0.2, 0.25) is 5.91 Å². The number of para-hydroxylation sites is 1. The highest BCUT2D eigenvalue weighted by atomic mass is 16.5. The number of nitrogens with zero attached hydrogens (tertiary/aromatic N) is 1. The second kappa shape index (κ2) is 8.86. The maximum absolute atomic E-state index is 11.9. The van der Waals surface area contributed by atoms with Crippen molar-refractivity contribution in [3.63, 3.8) is 0 Å². The zero-order chi connectivity index (χ0) is 15.7. The third kappa shape index (κ3) is 6.18. The number of rotatable bonds is 7. The van der Waals surface area contributed by atoms with Gasteiger partial charge in [-0.2, -0.15) is 5.10 Å². The topological polar surface area (TPSA) is 79.8 Å². The molecule has 2 N–H and O–H groups in total. The number of hydrazone groups is 1. The minimum absolute atomic E-state index is 0.0626. The molecule has 0 aliphatic carbocycles. The first kappa shape index (κ1) is 16.8. The van der Waals surface area contributed by atoms with Gasteiger partial charge in [-0.25, -0.2) is 5.43 Å². The Labute approximate surface area is 124 Å². The number of hydrogen-bond acceptors (Lipinski definition) is 4. The normalized spacial score (nSPS) is 11.1. The standard InChI is InChI=1S/C15H21N3O3/c1-4-12-7-5-6-8-13(12)16-14(19)9-11(2)17-18-15(20)10-21-3/h5-8H,4,9-10H2,1-3H3,(H,16,19)(H,18,20). The van der Waals surface area contributed by atoms with Crippen LogP contribution in [0.15, 0.2) is 29.4 Å². The minimum atomic E-state index is -0.353. The van der Waals surface area contributed by atoms with Crippen LogP contribution >= 0.6 is 0 Å². The summed E-state index contributed by atoms with van der Waals surface area (Å²) in [6.45, 7) is 3.65. The second-order valence-electron chi connectivity index (χ2n) is 4.55. The third-order valence-electron chi connectivity index (χ3n) is 2.74. The van der Waals surface area contributed by atoms with Crippen LogP contribution < -0.4 is 10.7 Å². The van der Waals surface area contributed by atoms with Crippen molar-refractivity contribution in [1.82, 2.24) is 5.43 Å². The molecule has 0 aliphatic rings. The maximum Gasteiger partial charge on any atom is 0.266 e. The van der Waals surface area contributed by atoms with Crippen molar-refractivity contribution < 1.29 is 14.3 Å². The highest BCUT2D eigenvalue weighted by Gasteiger charge is 2.07. The molecule has 0 aliphatic heterocycles. The van der Waals surface area contributed by atoms with Crippen LogP contribution in [0, 0.1) is 0 Å². The lowest BCUT2D eigenvalue weighted by Crippen LogP contribution is -2.24. The summed E-state index contributed by atoms with van der Waals surface area (Å²) in [6.07, 6.45) is 0.960. The number of amides is 2. The summed E-state index contributed by atoms with van der Waals surface area (Å²) in [5.41, 5.74) is 4.72. The zero-order valence-corrected chi connectivity index (χ0v) is 12.6. The summed E-state index contributed by atoms with van der Waals surface area (Å²) < 4.78 is 4.66. The van der Waals surface area contributed by atoms with Crippen molar-refractivity contribution in [2.75, 3.05) is 19.0 Å². The number of ether oxygens (including phenoxy) is 1. The van der Waals surface area contributed by atoms with E-state index >= 15 is 0 Å². The van der Waals surface area contributed by atoms with E-state index in [1.165, 1.54) is 7.11 Å². The first-order valence-electron chi connectivity index (χ1n) is 6.75. The summed E-state index contributed by atoms with van der Waals surface area (Å²) in [7, 11) is 1.43. The second-order valence-corrected chi connectivity index (χ2v) is 4.55. The van der Waals surface area contributed by atoms with Crippen LogP contribution in [0.5, 0.6) is 0 Å². The third-order valence-corrected chi connectivity index (χ3v) is 2.74. The molecule has 0 saturated carbocycles. The van der Waals surface area contributed by atoms with Crippen LogP contribution in [-0.4, -0.2) is 31.2 Å². The lowest BCUT2D eigenvalue weighted by atomic mass is 10.1. The van der Waals surface area contributed by atoms with E-state index in [0.717, 1.165) is 17.7 Å². The molecule has 21 heavy (non-hydrogen) atoms. The van der Waals surface area contributed by atoms with E-state index in [9.17, 15) is 9.59 Å². The fourth-order valence-electron chi connectivity index (χ4n) is 1.74. The predicted molar refractivity (Wildman–Crippen MR) is 82.2 cm³/mol. The van der Waals surface area contributed by atoms with Crippen LogP contribution in [0.3, 0.4) is 0 Å². The fraction of sp³-hybridized carbons (Fsp3) is 0.400. The lowest BCUT2D eigenvalue weighted by Gasteiger charge is -2.09. The number of aryl methyl sites for hydroxylation is 1. The zero-order valence-electron chi connectivity index (χ0n) is 12.6. The Bertz CT molecular complexity index is 527. The predicted octanol–water partition coefficient (Wildman–Crippen LogP) is 1.72. The molecule has 0 radical (unpaired) electrons. The van der Waals surface area contributed by atoms with E-state index in [0.29, 0.717) is 5.71 Å². The van der Waals surface area contributed by atoms with E-state index in [1.54, 1.807) is 6.92 Å². The monoisotopic (exact) mass is 291 g/mol. The average Bonchev–Trinajstić information content (AvgIpc) is 2.46. The van der Waals surface area contributed by atoms with E-state index in [2.05, 4.69) is 20.6 Å². The number of methoxy groups -OCH3 is 1. The summed E-state index contributed by atoms with van der Waals surface area (Å²) in [5, 5.41) is 6.69. The Kier molecular flexibility index (Phi) is 7.11. The maximum atomic E-state index is 11.9. The van der Waals surface area contributed by atoms with Gasteiger partial charge in [-0.05, 0) is 25.0 Å². The first-order valence-corrected chi connectivity index (χ1v) is 6.75.